The van der Waals surface area contributed by atoms with Crippen LogP contribution in [0.2, 0.25) is 5.02 Å². The normalized spacial score (nSPS) is 27.9. The van der Waals surface area contributed by atoms with Crippen molar-refractivity contribution in [3.8, 4) is 0 Å². The van der Waals surface area contributed by atoms with Gasteiger partial charge in [-0.15, -0.1) is 11.8 Å². The molecule has 1 aromatic carbocycles. The molecule has 0 radical (unpaired) electrons. The van der Waals surface area contributed by atoms with E-state index in [2.05, 4.69) is 0 Å². The molecule has 114 valence electrons. The summed E-state index contributed by atoms with van der Waals surface area (Å²) in [5.41, 5.74) is 1.15. The van der Waals surface area contributed by atoms with E-state index in [1.807, 2.05) is 29.2 Å². The van der Waals surface area contributed by atoms with Crippen molar-refractivity contribution in [3.05, 3.63) is 34.9 Å². The molecule has 1 heterocycles. The van der Waals surface area contributed by atoms with Crippen molar-refractivity contribution in [2.75, 3.05) is 18.8 Å². The van der Waals surface area contributed by atoms with Gasteiger partial charge in [0.25, 0.3) is 0 Å². The van der Waals surface area contributed by atoms with Gasteiger partial charge >= 0.3 is 0 Å². The van der Waals surface area contributed by atoms with Crippen molar-refractivity contribution < 1.29 is 9.90 Å². The number of aliphatic hydroxyl groups excluding tert-OH is 1. The first-order chi connectivity index (χ1) is 10.1. The van der Waals surface area contributed by atoms with Crippen LogP contribution in [-0.4, -0.2) is 40.9 Å². The number of thioether (sulfide) groups is 1. The maximum Gasteiger partial charge on any atom is 0.232 e. The van der Waals surface area contributed by atoms with E-state index in [0.717, 1.165) is 42.3 Å². The minimum atomic E-state index is -0.202. The Labute approximate surface area is 134 Å². The molecule has 3 rings (SSSR count). The fourth-order valence-electron chi connectivity index (χ4n) is 3.41. The van der Waals surface area contributed by atoms with E-state index in [-0.39, 0.29) is 12.0 Å². The SMILES string of the molecule is O=C(CSCc1cccc(Cl)c1)N1CC2CCC(O)C2C1. The highest BCUT2D eigenvalue weighted by Gasteiger charge is 2.42. The third-order valence-corrected chi connectivity index (χ3v) is 5.78. The average Bonchev–Trinajstić information content (AvgIpc) is 3.02. The fourth-order valence-corrected chi connectivity index (χ4v) is 4.50. The van der Waals surface area contributed by atoms with E-state index in [1.54, 1.807) is 11.8 Å². The number of amides is 1. The van der Waals surface area contributed by atoms with Crippen molar-refractivity contribution in [1.82, 2.24) is 4.90 Å². The zero-order valence-corrected chi connectivity index (χ0v) is 13.4. The molecule has 0 aromatic heterocycles. The highest BCUT2D eigenvalue weighted by Crippen LogP contribution is 2.38. The molecule has 5 heteroatoms. The summed E-state index contributed by atoms with van der Waals surface area (Å²) in [6.07, 6.45) is 1.76. The maximum absolute atomic E-state index is 12.2. The summed E-state index contributed by atoms with van der Waals surface area (Å²) in [6, 6.07) is 7.76. The first-order valence-electron chi connectivity index (χ1n) is 7.41. The van der Waals surface area contributed by atoms with Gasteiger partial charge in [0.2, 0.25) is 5.91 Å². The molecule has 3 nitrogen and oxygen atoms in total. The summed E-state index contributed by atoms with van der Waals surface area (Å²) in [6.45, 7) is 1.57. The summed E-state index contributed by atoms with van der Waals surface area (Å²) >= 11 is 7.58. The molecule has 21 heavy (non-hydrogen) atoms. The molecular formula is C16H20ClNO2S. The number of likely N-dealkylation sites (tertiary alicyclic amines) is 1. The number of carbonyl (C=O) groups is 1. The Hall–Kier alpha value is -0.710. The number of aliphatic hydroxyl groups is 1. The number of carbonyl (C=O) groups excluding carboxylic acids is 1. The van der Waals surface area contributed by atoms with Gasteiger partial charge in [0, 0.05) is 29.8 Å². The number of nitrogens with zero attached hydrogens (tertiary/aromatic N) is 1. The molecule has 1 saturated heterocycles. The van der Waals surface area contributed by atoms with Crippen LogP contribution in [0, 0.1) is 11.8 Å². The molecule has 0 bridgehead atoms. The highest BCUT2D eigenvalue weighted by atomic mass is 35.5. The third-order valence-electron chi connectivity index (χ3n) is 4.56. The van der Waals surface area contributed by atoms with Crippen LogP contribution in [0.1, 0.15) is 18.4 Å². The first kappa shape index (κ1) is 15.2. The van der Waals surface area contributed by atoms with E-state index >= 15 is 0 Å². The summed E-state index contributed by atoms with van der Waals surface area (Å²) < 4.78 is 0. The number of benzene rings is 1. The molecule has 1 aliphatic carbocycles. The van der Waals surface area contributed by atoms with Gasteiger partial charge in [-0.1, -0.05) is 23.7 Å². The van der Waals surface area contributed by atoms with E-state index in [4.69, 9.17) is 11.6 Å². The monoisotopic (exact) mass is 325 g/mol. The highest BCUT2D eigenvalue weighted by molar-refractivity contribution is 7.99. The van der Waals surface area contributed by atoms with E-state index < -0.39 is 0 Å². The van der Waals surface area contributed by atoms with Gasteiger partial charge in [-0.3, -0.25) is 4.79 Å². The van der Waals surface area contributed by atoms with Crippen LogP contribution < -0.4 is 0 Å². The van der Waals surface area contributed by atoms with Crippen molar-refractivity contribution in [2.45, 2.75) is 24.7 Å². The van der Waals surface area contributed by atoms with Crippen molar-refractivity contribution in [2.24, 2.45) is 11.8 Å². The van der Waals surface area contributed by atoms with E-state index in [0.29, 0.717) is 17.6 Å². The van der Waals surface area contributed by atoms with Crippen LogP contribution in [-0.2, 0) is 10.5 Å². The van der Waals surface area contributed by atoms with Crippen LogP contribution in [0.5, 0.6) is 0 Å². The maximum atomic E-state index is 12.2. The Balaban J connectivity index is 1.45. The lowest BCUT2D eigenvalue weighted by molar-refractivity contribution is -0.127. The van der Waals surface area contributed by atoms with Crippen LogP contribution in [0.4, 0.5) is 0 Å². The Morgan fingerprint density at radius 2 is 2.24 bits per heavy atom. The van der Waals surface area contributed by atoms with Gasteiger partial charge in [-0.2, -0.15) is 0 Å². The van der Waals surface area contributed by atoms with Gasteiger partial charge in [0.05, 0.1) is 11.9 Å². The van der Waals surface area contributed by atoms with Gasteiger partial charge < -0.3 is 10.0 Å². The molecule has 1 aromatic rings. The molecule has 2 fully saturated rings. The summed E-state index contributed by atoms with van der Waals surface area (Å²) in [7, 11) is 0. The van der Waals surface area contributed by atoms with E-state index in [9.17, 15) is 9.90 Å². The molecule has 1 saturated carbocycles. The third kappa shape index (κ3) is 3.55. The molecule has 1 aliphatic heterocycles. The standard InChI is InChI=1S/C16H20ClNO2S/c17-13-3-1-2-11(6-13)9-21-10-16(20)18-7-12-4-5-15(19)14(12)8-18/h1-3,6,12,14-15,19H,4-5,7-10H2. The molecule has 2 aliphatic rings. The van der Waals surface area contributed by atoms with Gasteiger partial charge in [-0.25, -0.2) is 0 Å². The molecule has 1 amide bonds. The van der Waals surface area contributed by atoms with Gasteiger partial charge in [0.15, 0.2) is 0 Å². The lowest BCUT2D eigenvalue weighted by atomic mass is 10.00. The van der Waals surface area contributed by atoms with E-state index in [1.165, 1.54) is 0 Å². The predicted octanol–water partition coefficient (Wildman–Crippen LogP) is 2.80. The second-order valence-corrected chi connectivity index (χ2v) is 7.41. The number of hydrogen-bond acceptors (Lipinski definition) is 3. The molecular weight excluding hydrogens is 306 g/mol. The topological polar surface area (TPSA) is 40.5 Å². The summed E-state index contributed by atoms with van der Waals surface area (Å²) in [5.74, 6) is 2.33. The fraction of sp³-hybridized carbons (Fsp3) is 0.562. The number of rotatable bonds is 4. The lowest BCUT2D eigenvalue weighted by Crippen LogP contribution is -2.32. The number of hydrogen-bond donors (Lipinski definition) is 1. The minimum absolute atomic E-state index is 0.198. The summed E-state index contributed by atoms with van der Waals surface area (Å²) in [5, 5.41) is 10.6. The Morgan fingerprint density at radius 3 is 3.00 bits per heavy atom. The minimum Gasteiger partial charge on any atom is -0.393 e. The number of fused-ring (bicyclic) bond motifs is 1. The van der Waals surface area contributed by atoms with Crippen LogP contribution >= 0.6 is 23.4 Å². The zero-order valence-electron chi connectivity index (χ0n) is 11.9. The predicted molar refractivity (Wildman–Crippen MR) is 86.4 cm³/mol. The van der Waals surface area contributed by atoms with Crippen LogP contribution in [0.25, 0.3) is 0 Å². The molecule has 3 atom stereocenters. The molecule has 0 spiro atoms. The Morgan fingerprint density at radius 1 is 1.38 bits per heavy atom. The van der Waals surface area contributed by atoms with Crippen molar-refractivity contribution in [3.63, 3.8) is 0 Å². The second-order valence-electron chi connectivity index (χ2n) is 5.99. The van der Waals surface area contributed by atoms with Gasteiger partial charge in [-0.05, 0) is 36.5 Å². The quantitative estimate of drug-likeness (QED) is 0.925. The molecule has 1 N–H and O–H groups in total. The van der Waals surface area contributed by atoms with Crippen LogP contribution in [0.15, 0.2) is 24.3 Å². The number of halogens is 1. The lowest BCUT2D eigenvalue weighted by Gasteiger charge is -2.18. The van der Waals surface area contributed by atoms with Crippen molar-refractivity contribution >= 4 is 29.3 Å². The van der Waals surface area contributed by atoms with Crippen molar-refractivity contribution in [1.29, 1.82) is 0 Å². The van der Waals surface area contributed by atoms with Crippen LogP contribution in [0.3, 0.4) is 0 Å². The average molecular weight is 326 g/mol. The smallest absolute Gasteiger partial charge is 0.232 e. The zero-order chi connectivity index (χ0) is 14.8. The first-order valence-corrected chi connectivity index (χ1v) is 8.95. The van der Waals surface area contributed by atoms with Gasteiger partial charge in [0.1, 0.15) is 0 Å². The largest absolute Gasteiger partial charge is 0.393 e. The Bertz CT molecular complexity index is 525. The Kier molecular flexibility index (Phi) is 4.77. The second kappa shape index (κ2) is 6.59. The molecule has 3 unspecified atom stereocenters. The summed E-state index contributed by atoms with van der Waals surface area (Å²) in [4.78, 5) is 14.2.